The highest BCUT2D eigenvalue weighted by atomic mass is 32.3. The highest BCUT2D eigenvalue weighted by Crippen LogP contribution is 2.35. The van der Waals surface area contributed by atoms with Gasteiger partial charge in [-0.3, -0.25) is 4.79 Å². The van der Waals surface area contributed by atoms with Gasteiger partial charge in [0, 0.05) is 5.56 Å². The minimum Gasteiger partial charge on any atom is -0.274 e. The molecule has 1 unspecified atom stereocenters. The van der Waals surface area contributed by atoms with Crippen LogP contribution in [0.15, 0.2) is 71.0 Å². The van der Waals surface area contributed by atoms with E-state index in [2.05, 4.69) is 21.7 Å². The average Bonchev–Trinajstić information content (AvgIpc) is 3.41. The topological polar surface area (TPSA) is 81.1 Å². The van der Waals surface area contributed by atoms with Crippen molar-refractivity contribution in [3.05, 3.63) is 93.5 Å². The van der Waals surface area contributed by atoms with Crippen LogP contribution >= 0.6 is 11.8 Å². The Morgan fingerprint density at radius 3 is 2.61 bits per heavy atom. The predicted octanol–water partition coefficient (Wildman–Crippen LogP) is 3.88. The molecule has 0 spiro atoms. The lowest BCUT2D eigenvalue weighted by Gasteiger charge is -2.09. The van der Waals surface area contributed by atoms with Crippen LogP contribution in [-0.2, 0) is 21.2 Å². The van der Waals surface area contributed by atoms with Crippen LogP contribution < -0.4 is 4.72 Å². The predicted molar refractivity (Wildman–Crippen MR) is 131 cm³/mol. The number of carbonyl (C=O) groups is 1. The van der Waals surface area contributed by atoms with E-state index in [4.69, 9.17) is 0 Å². The molecule has 0 bridgehead atoms. The third-order valence-corrected chi connectivity index (χ3v) is 8.08. The molecule has 0 aliphatic carbocycles. The number of allylic oxidation sites excluding steroid dienone is 1. The van der Waals surface area contributed by atoms with Gasteiger partial charge < -0.3 is 0 Å². The first-order chi connectivity index (χ1) is 15.8. The van der Waals surface area contributed by atoms with Crippen molar-refractivity contribution in [2.24, 2.45) is 0 Å². The molecule has 1 atom stereocenters. The van der Waals surface area contributed by atoms with E-state index in [-0.39, 0.29) is 15.9 Å². The molecule has 0 radical (unpaired) electrons. The molecule has 0 saturated carbocycles. The first-order valence-electron chi connectivity index (χ1n) is 10.4. The Labute approximate surface area is 198 Å². The molecule has 6 nitrogen and oxygen atoms in total. The van der Waals surface area contributed by atoms with E-state index in [9.17, 15) is 13.2 Å². The zero-order valence-corrected chi connectivity index (χ0v) is 19.9. The summed E-state index contributed by atoms with van der Waals surface area (Å²) in [7, 11) is -3.94. The molecule has 1 aromatic heterocycles. The van der Waals surface area contributed by atoms with Gasteiger partial charge in [-0.05, 0) is 50.6 Å². The quantitative estimate of drug-likeness (QED) is 0.564. The van der Waals surface area contributed by atoms with E-state index in [1.807, 2.05) is 68.4 Å². The van der Waals surface area contributed by atoms with Crippen LogP contribution in [-0.4, -0.2) is 29.4 Å². The van der Waals surface area contributed by atoms with Gasteiger partial charge in [0.15, 0.2) is 0 Å². The number of hydrogen-bond acceptors (Lipinski definition) is 5. The van der Waals surface area contributed by atoms with Crippen molar-refractivity contribution in [1.82, 2.24) is 14.5 Å². The van der Waals surface area contributed by atoms with Crippen LogP contribution in [0.1, 0.15) is 28.9 Å². The summed E-state index contributed by atoms with van der Waals surface area (Å²) in [5, 5.41) is 4.25. The zero-order valence-electron chi connectivity index (χ0n) is 18.3. The molecule has 4 rings (SSSR count). The van der Waals surface area contributed by atoms with Crippen molar-refractivity contribution in [2.75, 3.05) is 0 Å². The number of amides is 1. The first kappa shape index (κ1) is 22.9. The molecule has 1 N–H and O–H groups in total. The zero-order chi connectivity index (χ0) is 23.4. The van der Waals surface area contributed by atoms with E-state index in [0.29, 0.717) is 12.1 Å². The molecule has 0 saturated heterocycles. The summed E-state index contributed by atoms with van der Waals surface area (Å²) in [4.78, 5) is 12.6. The molecule has 2 aromatic carbocycles. The smallest absolute Gasteiger partial charge is 0.269 e. The Kier molecular flexibility index (Phi) is 6.72. The van der Waals surface area contributed by atoms with Crippen LogP contribution in [0, 0.1) is 25.7 Å². The Bertz CT molecular complexity index is 1360. The van der Waals surface area contributed by atoms with Gasteiger partial charge in [-0.25, -0.2) is 17.8 Å². The summed E-state index contributed by atoms with van der Waals surface area (Å²) in [6, 6.07) is 19.0. The van der Waals surface area contributed by atoms with Gasteiger partial charge in [0.2, 0.25) is 5.91 Å². The van der Waals surface area contributed by atoms with Crippen molar-refractivity contribution in [2.45, 2.75) is 31.9 Å². The highest BCUT2D eigenvalue weighted by Gasteiger charge is 2.28. The lowest BCUT2D eigenvalue weighted by molar-refractivity contribution is -0.118. The van der Waals surface area contributed by atoms with Gasteiger partial charge >= 0.3 is 0 Å². The third-order valence-electron chi connectivity index (χ3n) is 4.95. The first-order valence-corrected chi connectivity index (χ1v) is 12.8. The van der Waals surface area contributed by atoms with Gasteiger partial charge in [-0.15, -0.1) is 0 Å². The maximum absolute atomic E-state index is 12.8. The number of thioether (sulfide) groups is 1. The second-order valence-corrected chi connectivity index (χ2v) is 10.9. The second kappa shape index (κ2) is 9.69. The van der Waals surface area contributed by atoms with Crippen LogP contribution in [0.5, 0.6) is 0 Å². The number of hydrogen-bond donors (Lipinski definition) is 1. The van der Waals surface area contributed by atoms with Crippen molar-refractivity contribution >= 4 is 27.7 Å². The summed E-state index contributed by atoms with van der Waals surface area (Å²) in [6.07, 6.45) is 2.02. The SMILES string of the molecule is Cc1ccc(C#CC2CC=C(S(=O)(=O)NC(=O)Cc3cc(C)nn3-c3ccccc3)S2)cc1. The third kappa shape index (κ3) is 5.75. The Hall–Kier alpha value is -3.28. The summed E-state index contributed by atoms with van der Waals surface area (Å²) in [5.74, 6) is 5.59. The standard InChI is InChI=1S/C25H23N3O3S2/c1-18-8-10-20(11-9-18)12-13-23-14-15-25(32-23)33(30,31)27-24(29)17-22-16-19(2)26-28(22)21-6-4-3-5-7-21/h3-11,15-16,23H,14,17H2,1-2H3,(H,27,29). The van der Waals surface area contributed by atoms with E-state index in [1.54, 1.807) is 16.8 Å². The molecular formula is C25H23N3O3S2. The molecular weight excluding hydrogens is 454 g/mol. The van der Waals surface area contributed by atoms with Crippen molar-refractivity contribution < 1.29 is 13.2 Å². The number of para-hydroxylation sites is 1. The minimum atomic E-state index is -3.94. The number of carbonyl (C=O) groups excluding carboxylic acids is 1. The van der Waals surface area contributed by atoms with Crippen LogP contribution in [0.2, 0.25) is 0 Å². The molecule has 168 valence electrons. The second-order valence-electron chi connectivity index (χ2n) is 7.73. The number of nitrogens with zero attached hydrogens (tertiary/aromatic N) is 2. The Morgan fingerprint density at radius 1 is 1.15 bits per heavy atom. The number of aromatic nitrogens is 2. The molecule has 1 aliphatic rings. The van der Waals surface area contributed by atoms with Gasteiger partial charge in [-0.1, -0.05) is 65.6 Å². The number of nitrogens with one attached hydrogen (secondary N) is 1. The number of rotatable bonds is 5. The largest absolute Gasteiger partial charge is 0.274 e. The van der Waals surface area contributed by atoms with Crippen LogP contribution in [0.4, 0.5) is 0 Å². The van der Waals surface area contributed by atoms with Gasteiger partial charge in [0.25, 0.3) is 10.0 Å². The summed E-state index contributed by atoms with van der Waals surface area (Å²) < 4.78 is 29.5. The molecule has 2 heterocycles. The van der Waals surface area contributed by atoms with Crippen molar-refractivity contribution in [1.29, 1.82) is 0 Å². The summed E-state index contributed by atoms with van der Waals surface area (Å²) in [6.45, 7) is 3.84. The highest BCUT2D eigenvalue weighted by molar-refractivity contribution is 8.18. The van der Waals surface area contributed by atoms with E-state index in [1.165, 1.54) is 0 Å². The molecule has 0 fully saturated rings. The molecule has 1 aliphatic heterocycles. The van der Waals surface area contributed by atoms with Crippen LogP contribution in [0.25, 0.3) is 5.69 Å². The Morgan fingerprint density at radius 2 is 1.88 bits per heavy atom. The van der Waals surface area contributed by atoms with Crippen molar-refractivity contribution in [3.63, 3.8) is 0 Å². The van der Waals surface area contributed by atoms with Gasteiger partial charge in [0.1, 0.15) is 4.24 Å². The van der Waals surface area contributed by atoms with E-state index < -0.39 is 15.9 Å². The Balaban J connectivity index is 1.40. The molecule has 8 heteroatoms. The minimum absolute atomic E-state index is 0.108. The number of sulfonamides is 1. The van der Waals surface area contributed by atoms with E-state index in [0.717, 1.165) is 34.3 Å². The number of aryl methyl sites for hydroxylation is 2. The summed E-state index contributed by atoms with van der Waals surface area (Å²) in [5.41, 5.74) is 4.20. The normalized spacial score (nSPS) is 15.5. The van der Waals surface area contributed by atoms with Gasteiger partial charge in [-0.2, -0.15) is 5.10 Å². The van der Waals surface area contributed by atoms with Gasteiger partial charge in [0.05, 0.1) is 28.7 Å². The lowest BCUT2D eigenvalue weighted by Crippen LogP contribution is -2.32. The number of benzene rings is 2. The maximum Gasteiger partial charge on any atom is 0.269 e. The fraction of sp³-hybridized carbons (Fsp3) is 0.200. The average molecular weight is 478 g/mol. The van der Waals surface area contributed by atoms with Crippen molar-refractivity contribution in [3.8, 4) is 17.5 Å². The fourth-order valence-electron chi connectivity index (χ4n) is 3.37. The lowest BCUT2D eigenvalue weighted by atomic mass is 10.1. The fourth-order valence-corrected chi connectivity index (χ4v) is 5.93. The molecule has 33 heavy (non-hydrogen) atoms. The summed E-state index contributed by atoms with van der Waals surface area (Å²) >= 11 is 1.16. The van der Waals surface area contributed by atoms with Crippen LogP contribution in [0.3, 0.4) is 0 Å². The molecule has 1 amide bonds. The van der Waals surface area contributed by atoms with E-state index >= 15 is 0 Å². The maximum atomic E-state index is 12.8. The monoisotopic (exact) mass is 477 g/mol. The molecule has 3 aromatic rings.